The summed E-state index contributed by atoms with van der Waals surface area (Å²) in [5, 5.41) is 3.37. The lowest BCUT2D eigenvalue weighted by molar-refractivity contribution is 0.126. The molecule has 1 fully saturated rings. The van der Waals surface area contributed by atoms with E-state index in [9.17, 15) is 0 Å². The van der Waals surface area contributed by atoms with Crippen LogP contribution in [0.2, 0.25) is 0 Å². The highest BCUT2D eigenvalue weighted by Crippen LogP contribution is 2.23. The number of likely N-dealkylation sites (tertiary alicyclic amines) is 1. The number of aryl methyl sites for hydroxylation is 1. The lowest BCUT2D eigenvalue weighted by Crippen LogP contribution is -2.38. The zero-order chi connectivity index (χ0) is 13.7. The molecule has 1 atom stereocenters. The first-order chi connectivity index (χ1) is 9.24. The Morgan fingerprint density at radius 1 is 1.37 bits per heavy atom. The van der Waals surface area contributed by atoms with Crippen molar-refractivity contribution in [3.8, 4) is 0 Å². The van der Waals surface area contributed by atoms with Gasteiger partial charge in [0.2, 0.25) is 0 Å². The summed E-state index contributed by atoms with van der Waals surface area (Å²) >= 11 is 0. The first-order valence-electron chi connectivity index (χ1n) is 7.77. The van der Waals surface area contributed by atoms with E-state index in [-0.39, 0.29) is 0 Å². The zero-order valence-electron chi connectivity index (χ0n) is 12.7. The molecule has 108 valence electrons. The van der Waals surface area contributed by atoms with Crippen LogP contribution in [-0.2, 0) is 13.1 Å². The largest absolute Gasteiger partial charge is 0.465 e. The van der Waals surface area contributed by atoms with Crippen molar-refractivity contribution in [2.45, 2.75) is 65.6 Å². The predicted octanol–water partition coefficient (Wildman–Crippen LogP) is 3.46. The number of furan rings is 1. The van der Waals surface area contributed by atoms with E-state index in [1.807, 2.05) is 0 Å². The van der Waals surface area contributed by atoms with Gasteiger partial charge in [0, 0.05) is 18.2 Å². The highest BCUT2D eigenvalue weighted by Gasteiger charge is 2.22. The second kappa shape index (κ2) is 7.11. The molecule has 1 aromatic heterocycles. The van der Waals surface area contributed by atoms with Gasteiger partial charge in [-0.1, -0.05) is 20.3 Å². The van der Waals surface area contributed by atoms with Gasteiger partial charge in [0.1, 0.15) is 11.5 Å². The first-order valence-corrected chi connectivity index (χ1v) is 7.77. The van der Waals surface area contributed by atoms with Gasteiger partial charge < -0.3 is 9.73 Å². The number of hydrogen-bond donors (Lipinski definition) is 1. The molecule has 0 saturated carbocycles. The number of nitrogens with one attached hydrogen (secondary N) is 1. The van der Waals surface area contributed by atoms with Gasteiger partial charge in [-0.25, -0.2) is 0 Å². The molecule has 1 unspecified atom stereocenters. The van der Waals surface area contributed by atoms with Gasteiger partial charge in [0.15, 0.2) is 0 Å². The van der Waals surface area contributed by atoms with E-state index in [2.05, 4.69) is 37.1 Å². The molecule has 3 heteroatoms. The van der Waals surface area contributed by atoms with Crippen LogP contribution in [0.25, 0.3) is 0 Å². The summed E-state index contributed by atoms with van der Waals surface area (Å²) in [6.45, 7) is 10.6. The average molecular weight is 264 g/mol. The van der Waals surface area contributed by atoms with Crippen molar-refractivity contribution in [2.24, 2.45) is 0 Å². The third kappa shape index (κ3) is 3.83. The normalized spacial score (nSPS) is 20.9. The van der Waals surface area contributed by atoms with Crippen molar-refractivity contribution in [3.63, 3.8) is 0 Å². The highest BCUT2D eigenvalue weighted by molar-refractivity contribution is 5.20. The van der Waals surface area contributed by atoms with Gasteiger partial charge in [-0.2, -0.15) is 0 Å². The minimum atomic E-state index is 0.747. The molecule has 0 spiro atoms. The van der Waals surface area contributed by atoms with Crippen molar-refractivity contribution in [3.05, 3.63) is 23.2 Å². The molecule has 0 bridgehead atoms. The molecular formula is C16H28N2O. The Morgan fingerprint density at radius 3 is 2.95 bits per heavy atom. The molecule has 1 N–H and O–H groups in total. The standard InChI is InChI=1S/C16H28N2O/c1-4-15-8-6-7-9-18(15)12-16-10-14(11-17-5-2)13(3)19-16/h10,15,17H,4-9,11-12H2,1-3H3. The van der Waals surface area contributed by atoms with E-state index in [1.54, 1.807) is 0 Å². The van der Waals surface area contributed by atoms with Crippen LogP contribution in [0, 0.1) is 6.92 Å². The fraction of sp³-hybridized carbons (Fsp3) is 0.750. The molecule has 19 heavy (non-hydrogen) atoms. The Kier molecular flexibility index (Phi) is 5.46. The summed E-state index contributed by atoms with van der Waals surface area (Å²) in [7, 11) is 0. The first kappa shape index (κ1) is 14.6. The minimum absolute atomic E-state index is 0.747. The van der Waals surface area contributed by atoms with Gasteiger partial charge in [-0.05, 0) is 45.3 Å². The molecule has 2 heterocycles. The van der Waals surface area contributed by atoms with Gasteiger partial charge in [0.25, 0.3) is 0 Å². The molecule has 2 rings (SSSR count). The Bertz CT molecular complexity index is 386. The van der Waals surface area contributed by atoms with Crippen molar-refractivity contribution >= 4 is 0 Å². The van der Waals surface area contributed by atoms with E-state index in [0.29, 0.717) is 0 Å². The molecule has 1 aromatic rings. The van der Waals surface area contributed by atoms with Crippen LogP contribution in [0.4, 0.5) is 0 Å². The average Bonchev–Trinajstić information content (AvgIpc) is 2.77. The summed E-state index contributed by atoms with van der Waals surface area (Å²) in [5.41, 5.74) is 1.31. The monoisotopic (exact) mass is 264 g/mol. The predicted molar refractivity (Wildman–Crippen MR) is 79.2 cm³/mol. The SMILES string of the molecule is CCNCc1cc(CN2CCCCC2CC)oc1C. The van der Waals surface area contributed by atoms with E-state index < -0.39 is 0 Å². The second-order valence-electron chi connectivity index (χ2n) is 5.60. The molecule has 0 radical (unpaired) electrons. The third-order valence-electron chi connectivity index (χ3n) is 4.22. The van der Waals surface area contributed by atoms with E-state index >= 15 is 0 Å². The molecule has 1 aliphatic rings. The Balaban J connectivity index is 1.97. The quantitative estimate of drug-likeness (QED) is 0.853. The Morgan fingerprint density at radius 2 is 2.21 bits per heavy atom. The van der Waals surface area contributed by atoms with Crippen LogP contribution in [-0.4, -0.2) is 24.0 Å². The van der Waals surface area contributed by atoms with E-state index in [4.69, 9.17) is 4.42 Å². The van der Waals surface area contributed by atoms with Gasteiger partial charge in [-0.15, -0.1) is 0 Å². The third-order valence-corrected chi connectivity index (χ3v) is 4.22. The fourth-order valence-corrected chi connectivity index (χ4v) is 3.03. The lowest BCUT2D eigenvalue weighted by Gasteiger charge is -2.34. The molecule has 0 amide bonds. The number of hydrogen-bond acceptors (Lipinski definition) is 3. The van der Waals surface area contributed by atoms with Gasteiger partial charge in [-0.3, -0.25) is 4.90 Å². The van der Waals surface area contributed by atoms with Crippen molar-refractivity contribution in [1.82, 2.24) is 10.2 Å². The van der Waals surface area contributed by atoms with Crippen LogP contribution in [0.1, 0.15) is 56.6 Å². The number of rotatable bonds is 6. The van der Waals surface area contributed by atoms with E-state index in [1.165, 1.54) is 37.8 Å². The lowest BCUT2D eigenvalue weighted by atomic mass is 10.00. The maximum absolute atomic E-state index is 5.93. The summed E-state index contributed by atoms with van der Waals surface area (Å²) in [5.74, 6) is 2.20. The number of piperidine rings is 1. The maximum atomic E-state index is 5.93. The van der Waals surface area contributed by atoms with Crippen LogP contribution in [0.5, 0.6) is 0 Å². The molecule has 1 aliphatic heterocycles. The summed E-state index contributed by atoms with van der Waals surface area (Å²) in [4.78, 5) is 2.60. The molecule has 3 nitrogen and oxygen atoms in total. The van der Waals surface area contributed by atoms with E-state index in [0.717, 1.165) is 37.2 Å². The Hall–Kier alpha value is -0.800. The van der Waals surface area contributed by atoms with Crippen LogP contribution in [0.3, 0.4) is 0 Å². The van der Waals surface area contributed by atoms with Crippen LogP contribution >= 0.6 is 0 Å². The van der Waals surface area contributed by atoms with Crippen molar-refractivity contribution < 1.29 is 4.42 Å². The molecule has 1 saturated heterocycles. The maximum Gasteiger partial charge on any atom is 0.118 e. The Labute approximate surface area is 117 Å². The van der Waals surface area contributed by atoms with Gasteiger partial charge >= 0.3 is 0 Å². The molecular weight excluding hydrogens is 236 g/mol. The highest BCUT2D eigenvalue weighted by atomic mass is 16.3. The fourth-order valence-electron chi connectivity index (χ4n) is 3.03. The minimum Gasteiger partial charge on any atom is -0.465 e. The van der Waals surface area contributed by atoms with Crippen molar-refractivity contribution in [1.29, 1.82) is 0 Å². The second-order valence-corrected chi connectivity index (χ2v) is 5.60. The zero-order valence-corrected chi connectivity index (χ0v) is 12.7. The summed E-state index contributed by atoms with van der Waals surface area (Å²) in [6.07, 6.45) is 5.32. The summed E-state index contributed by atoms with van der Waals surface area (Å²) < 4.78 is 5.93. The van der Waals surface area contributed by atoms with Gasteiger partial charge in [0.05, 0.1) is 6.54 Å². The van der Waals surface area contributed by atoms with Crippen molar-refractivity contribution in [2.75, 3.05) is 13.1 Å². The molecule has 0 aromatic carbocycles. The number of nitrogens with zero attached hydrogens (tertiary/aromatic N) is 1. The van der Waals surface area contributed by atoms with Crippen LogP contribution in [0.15, 0.2) is 10.5 Å². The van der Waals surface area contributed by atoms with Crippen LogP contribution < -0.4 is 5.32 Å². The molecule has 0 aliphatic carbocycles. The summed E-state index contributed by atoms with van der Waals surface area (Å²) in [6, 6.07) is 2.98. The smallest absolute Gasteiger partial charge is 0.118 e. The topological polar surface area (TPSA) is 28.4 Å².